The molecule has 1 aromatic carbocycles. The number of hydrogen-bond acceptors (Lipinski definition) is 2. The number of carbonyl (C=O) groups excluding carboxylic acids is 2. The molecule has 0 bridgehead atoms. The number of hydrogen-bond donors (Lipinski definition) is 1. The Morgan fingerprint density at radius 3 is 2.38 bits per heavy atom. The van der Waals surface area contributed by atoms with Crippen molar-refractivity contribution in [1.29, 1.82) is 0 Å². The van der Waals surface area contributed by atoms with Crippen molar-refractivity contribution >= 4 is 11.8 Å². The lowest BCUT2D eigenvalue weighted by molar-refractivity contribution is -0.133. The molecule has 0 saturated carbocycles. The summed E-state index contributed by atoms with van der Waals surface area (Å²) in [6.07, 6.45) is 3.31. The highest BCUT2D eigenvalue weighted by Crippen LogP contribution is 2.12. The quantitative estimate of drug-likeness (QED) is 0.928. The number of likely N-dealkylation sites (tertiary alicyclic amines) is 1. The van der Waals surface area contributed by atoms with Gasteiger partial charge in [0.05, 0.1) is 0 Å². The zero-order valence-electron chi connectivity index (χ0n) is 13.1. The Morgan fingerprint density at radius 2 is 1.76 bits per heavy atom. The molecule has 1 aliphatic rings. The summed E-state index contributed by atoms with van der Waals surface area (Å²) in [5, 5.41) is 2.81. The van der Waals surface area contributed by atoms with Gasteiger partial charge >= 0.3 is 0 Å². The zero-order chi connectivity index (χ0) is 15.4. The fourth-order valence-corrected chi connectivity index (χ4v) is 2.61. The minimum atomic E-state index is -0.475. The Morgan fingerprint density at radius 1 is 1.10 bits per heavy atom. The molecular weight excluding hydrogens is 264 g/mol. The third kappa shape index (κ3) is 3.84. The first-order chi connectivity index (χ1) is 9.99. The van der Waals surface area contributed by atoms with E-state index in [-0.39, 0.29) is 11.8 Å². The van der Waals surface area contributed by atoms with E-state index in [0.29, 0.717) is 5.56 Å². The lowest BCUT2D eigenvalue weighted by Crippen LogP contribution is -2.48. The standard InChI is InChI=1S/C17H24N2O2/c1-12-7-8-15(11-13(12)2)16(20)18-14(3)17(21)19-9-5-4-6-10-19/h7-8,11,14H,4-6,9-10H2,1-3H3,(H,18,20). The van der Waals surface area contributed by atoms with Crippen LogP contribution in [0, 0.1) is 13.8 Å². The molecule has 1 N–H and O–H groups in total. The van der Waals surface area contributed by atoms with Crippen molar-refractivity contribution in [3.05, 3.63) is 34.9 Å². The van der Waals surface area contributed by atoms with Crippen LogP contribution in [0.5, 0.6) is 0 Å². The first-order valence-corrected chi connectivity index (χ1v) is 7.66. The summed E-state index contributed by atoms with van der Waals surface area (Å²) in [6, 6.07) is 5.12. The molecule has 4 nitrogen and oxygen atoms in total. The predicted octanol–water partition coefficient (Wildman–Crippen LogP) is 2.43. The van der Waals surface area contributed by atoms with Gasteiger partial charge in [-0.3, -0.25) is 9.59 Å². The van der Waals surface area contributed by atoms with Crippen molar-refractivity contribution in [3.8, 4) is 0 Å². The van der Waals surface area contributed by atoms with Crippen molar-refractivity contribution in [2.45, 2.75) is 46.1 Å². The van der Waals surface area contributed by atoms with Gasteiger partial charge in [-0.05, 0) is 63.3 Å². The molecule has 1 fully saturated rings. The molecule has 2 rings (SSSR count). The van der Waals surface area contributed by atoms with E-state index in [1.165, 1.54) is 6.42 Å². The average Bonchev–Trinajstić information content (AvgIpc) is 2.50. The number of carbonyl (C=O) groups is 2. The number of nitrogens with one attached hydrogen (secondary N) is 1. The minimum Gasteiger partial charge on any atom is -0.341 e. The van der Waals surface area contributed by atoms with Crippen LogP contribution < -0.4 is 5.32 Å². The summed E-state index contributed by atoms with van der Waals surface area (Å²) in [5.41, 5.74) is 2.85. The minimum absolute atomic E-state index is 0.0203. The van der Waals surface area contributed by atoms with Gasteiger partial charge in [0.25, 0.3) is 5.91 Å². The van der Waals surface area contributed by atoms with Gasteiger partial charge in [-0.15, -0.1) is 0 Å². The molecule has 0 spiro atoms. The van der Waals surface area contributed by atoms with Gasteiger partial charge in [-0.1, -0.05) is 6.07 Å². The summed E-state index contributed by atoms with van der Waals surface area (Å²) in [4.78, 5) is 26.4. The molecule has 1 unspecified atom stereocenters. The van der Waals surface area contributed by atoms with E-state index in [2.05, 4.69) is 5.32 Å². The van der Waals surface area contributed by atoms with E-state index in [1.54, 1.807) is 13.0 Å². The van der Waals surface area contributed by atoms with E-state index >= 15 is 0 Å². The third-order valence-corrected chi connectivity index (χ3v) is 4.15. The van der Waals surface area contributed by atoms with E-state index in [1.807, 2.05) is 30.9 Å². The van der Waals surface area contributed by atoms with Crippen LogP contribution in [0.15, 0.2) is 18.2 Å². The smallest absolute Gasteiger partial charge is 0.251 e. The molecule has 1 aromatic rings. The maximum absolute atomic E-state index is 12.3. The highest BCUT2D eigenvalue weighted by atomic mass is 16.2. The van der Waals surface area contributed by atoms with Gasteiger partial charge < -0.3 is 10.2 Å². The van der Waals surface area contributed by atoms with Gasteiger partial charge in [0.1, 0.15) is 6.04 Å². The summed E-state index contributed by atoms with van der Waals surface area (Å²) in [6.45, 7) is 7.37. The zero-order valence-corrected chi connectivity index (χ0v) is 13.1. The number of amides is 2. The molecule has 0 radical (unpaired) electrons. The third-order valence-electron chi connectivity index (χ3n) is 4.15. The van der Waals surface area contributed by atoms with Crippen LogP contribution in [0.25, 0.3) is 0 Å². The highest BCUT2D eigenvalue weighted by Gasteiger charge is 2.23. The first-order valence-electron chi connectivity index (χ1n) is 7.66. The Balaban J connectivity index is 1.97. The highest BCUT2D eigenvalue weighted by molar-refractivity contribution is 5.97. The SMILES string of the molecule is Cc1ccc(C(=O)NC(C)C(=O)N2CCCCC2)cc1C. The second kappa shape index (κ2) is 6.74. The number of benzene rings is 1. The Labute approximate surface area is 126 Å². The molecule has 1 aliphatic heterocycles. The maximum atomic E-state index is 12.3. The van der Waals surface area contributed by atoms with Crippen LogP contribution in [0.1, 0.15) is 47.7 Å². The van der Waals surface area contributed by atoms with Crippen LogP contribution in [-0.2, 0) is 4.79 Å². The fraction of sp³-hybridized carbons (Fsp3) is 0.529. The Bertz CT molecular complexity index is 534. The maximum Gasteiger partial charge on any atom is 0.251 e. The van der Waals surface area contributed by atoms with Crippen LogP contribution in [0.4, 0.5) is 0 Å². The van der Waals surface area contributed by atoms with Gasteiger partial charge in [-0.2, -0.15) is 0 Å². The fourth-order valence-electron chi connectivity index (χ4n) is 2.61. The van der Waals surface area contributed by atoms with Crippen LogP contribution in [0.3, 0.4) is 0 Å². The van der Waals surface area contributed by atoms with Crippen LogP contribution in [-0.4, -0.2) is 35.8 Å². The molecule has 114 valence electrons. The number of aryl methyl sites for hydroxylation is 2. The van der Waals surface area contributed by atoms with Crippen molar-refractivity contribution in [2.75, 3.05) is 13.1 Å². The molecule has 0 aliphatic carbocycles. The van der Waals surface area contributed by atoms with Crippen molar-refractivity contribution in [1.82, 2.24) is 10.2 Å². The Kier molecular flexibility index (Phi) is 4.99. The second-order valence-corrected chi connectivity index (χ2v) is 5.88. The van der Waals surface area contributed by atoms with E-state index < -0.39 is 6.04 Å². The molecule has 4 heteroatoms. The molecule has 1 heterocycles. The summed E-state index contributed by atoms with van der Waals surface area (Å²) in [5.74, 6) is -0.164. The van der Waals surface area contributed by atoms with E-state index in [4.69, 9.17) is 0 Å². The normalized spacial score (nSPS) is 16.4. The molecule has 2 amide bonds. The monoisotopic (exact) mass is 288 g/mol. The molecule has 0 aromatic heterocycles. The van der Waals surface area contributed by atoms with Gasteiger partial charge in [0.2, 0.25) is 5.91 Å². The Hall–Kier alpha value is -1.84. The summed E-state index contributed by atoms with van der Waals surface area (Å²) in [7, 11) is 0. The molecule has 1 atom stereocenters. The average molecular weight is 288 g/mol. The van der Waals surface area contributed by atoms with E-state index in [0.717, 1.165) is 37.1 Å². The largest absolute Gasteiger partial charge is 0.341 e. The van der Waals surface area contributed by atoms with Gasteiger partial charge in [0.15, 0.2) is 0 Å². The second-order valence-electron chi connectivity index (χ2n) is 5.88. The molecular formula is C17H24N2O2. The lowest BCUT2D eigenvalue weighted by atomic mass is 10.1. The molecule has 1 saturated heterocycles. The van der Waals surface area contributed by atoms with Gasteiger partial charge in [-0.25, -0.2) is 0 Å². The topological polar surface area (TPSA) is 49.4 Å². The summed E-state index contributed by atoms with van der Waals surface area (Å²) < 4.78 is 0. The number of rotatable bonds is 3. The predicted molar refractivity (Wildman–Crippen MR) is 83.3 cm³/mol. The van der Waals surface area contributed by atoms with Crippen LogP contribution >= 0.6 is 0 Å². The van der Waals surface area contributed by atoms with Crippen LogP contribution in [0.2, 0.25) is 0 Å². The van der Waals surface area contributed by atoms with Crippen molar-refractivity contribution < 1.29 is 9.59 Å². The number of piperidine rings is 1. The van der Waals surface area contributed by atoms with Crippen molar-refractivity contribution in [3.63, 3.8) is 0 Å². The lowest BCUT2D eigenvalue weighted by Gasteiger charge is -2.29. The van der Waals surface area contributed by atoms with E-state index in [9.17, 15) is 9.59 Å². The van der Waals surface area contributed by atoms with Crippen molar-refractivity contribution in [2.24, 2.45) is 0 Å². The first kappa shape index (κ1) is 15.5. The molecule has 21 heavy (non-hydrogen) atoms. The van der Waals surface area contributed by atoms with Gasteiger partial charge in [0, 0.05) is 18.7 Å². The summed E-state index contributed by atoms with van der Waals surface area (Å²) >= 11 is 0. The number of nitrogens with zero attached hydrogens (tertiary/aromatic N) is 1.